The molecule has 7 heteroatoms. The zero-order chi connectivity index (χ0) is 15.4. The second kappa shape index (κ2) is 6.89. The predicted octanol–water partition coefficient (Wildman–Crippen LogP) is 4.75. The second-order valence-corrected chi connectivity index (χ2v) is 5.43. The predicted molar refractivity (Wildman–Crippen MR) is 88.4 cm³/mol. The Labute approximate surface area is 137 Å². The van der Waals surface area contributed by atoms with Crippen LogP contribution < -0.4 is 16.4 Å². The molecule has 0 aromatic heterocycles. The maximum atomic E-state index is 10.7. The molecule has 0 saturated heterocycles. The first-order valence-electron chi connectivity index (χ1n) is 6.00. The van der Waals surface area contributed by atoms with Crippen molar-refractivity contribution in [2.75, 3.05) is 10.6 Å². The molecule has 110 valence electrons. The highest BCUT2D eigenvalue weighted by molar-refractivity contribution is 6.44. The standard InChI is InChI=1S/C14H12Cl3N3O/c15-11-5-6-12(16)13(17)10(11)7-19-8-1-3-9(4-2-8)20-14(18)21/h1-6,19H,7H2,(H3,18,20,21). The van der Waals surface area contributed by atoms with E-state index in [0.29, 0.717) is 27.3 Å². The number of primary amides is 1. The van der Waals surface area contributed by atoms with E-state index in [-0.39, 0.29) is 0 Å². The molecule has 0 unspecified atom stereocenters. The summed E-state index contributed by atoms with van der Waals surface area (Å²) in [5, 5.41) is 7.10. The van der Waals surface area contributed by atoms with E-state index >= 15 is 0 Å². The van der Waals surface area contributed by atoms with Crippen LogP contribution in [0.1, 0.15) is 5.56 Å². The lowest BCUT2D eigenvalue weighted by Crippen LogP contribution is -2.19. The molecule has 0 fully saturated rings. The number of benzene rings is 2. The van der Waals surface area contributed by atoms with E-state index in [1.165, 1.54) is 0 Å². The zero-order valence-corrected chi connectivity index (χ0v) is 13.1. The number of carbonyl (C=O) groups is 1. The van der Waals surface area contributed by atoms with Crippen LogP contribution >= 0.6 is 34.8 Å². The van der Waals surface area contributed by atoms with Crippen molar-refractivity contribution in [3.05, 3.63) is 57.0 Å². The van der Waals surface area contributed by atoms with Crippen LogP contribution in [-0.2, 0) is 6.54 Å². The van der Waals surface area contributed by atoms with Gasteiger partial charge in [-0.1, -0.05) is 34.8 Å². The number of hydrogen-bond donors (Lipinski definition) is 3. The van der Waals surface area contributed by atoms with Gasteiger partial charge < -0.3 is 16.4 Å². The van der Waals surface area contributed by atoms with Crippen molar-refractivity contribution < 1.29 is 4.79 Å². The van der Waals surface area contributed by atoms with Gasteiger partial charge in [0.2, 0.25) is 0 Å². The lowest BCUT2D eigenvalue weighted by atomic mass is 10.2. The Morgan fingerprint density at radius 3 is 2.14 bits per heavy atom. The van der Waals surface area contributed by atoms with E-state index in [0.717, 1.165) is 11.3 Å². The molecule has 2 aromatic rings. The molecule has 0 aliphatic rings. The molecular formula is C14H12Cl3N3O. The maximum Gasteiger partial charge on any atom is 0.316 e. The van der Waals surface area contributed by atoms with E-state index in [1.807, 2.05) is 0 Å². The van der Waals surface area contributed by atoms with Crippen molar-refractivity contribution in [2.45, 2.75) is 6.54 Å². The number of hydrogen-bond acceptors (Lipinski definition) is 2. The van der Waals surface area contributed by atoms with Gasteiger partial charge in [-0.3, -0.25) is 0 Å². The average molecular weight is 345 g/mol. The van der Waals surface area contributed by atoms with Gasteiger partial charge >= 0.3 is 6.03 Å². The number of rotatable bonds is 4. The third-order valence-electron chi connectivity index (χ3n) is 2.76. The highest BCUT2D eigenvalue weighted by Crippen LogP contribution is 2.31. The van der Waals surface area contributed by atoms with E-state index in [2.05, 4.69) is 10.6 Å². The van der Waals surface area contributed by atoms with Crippen LogP contribution in [0.2, 0.25) is 15.1 Å². The molecule has 0 aliphatic carbocycles. The summed E-state index contributed by atoms with van der Waals surface area (Å²) in [6.07, 6.45) is 0. The Morgan fingerprint density at radius 1 is 0.952 bits per heavy atom. The number of anilines is 2. The Hall–Kier alpha value is -1.62. The summed E-state index contributed by atoms with van der Waals surface area (Å²) in [6.45, 7) is 0.431. The zero-order valence-electron chi connectivity index (χ0n) is 10.8. The van der Waals surface area contributed by atoms with E-state index in [1.54, 1.807) is 36.4 Å². The molecule has 2 rings (SSSR count). The minimum absolute atomic E-state index is 0.431. The molecule has 4 nitrogen and oxygen atoms in total. The van der Waals surface area contributed by atoms with Crippen molar-refractivity contribution in [1.82, 2.24) is 0 Å². The molecule has 0 atom stereocenters. The fourth-order valence-electron chi connectivity index (χ4n) is 1.74. The Kier molecular flexibility index (Phi) is 5.17. The summed E-state index contributed by atoms with van der Waals surface area (Å²) in [7, 11) is 0. The smallest absolute Gasteiger partial charge is 0.316 e. The van der Waals surface area contributed by atoms with Crippen LogP contribution in [0.4, 0.5) is 16.2 Å². The SMILES string of the molecule is NC(=O)Nc1ccc(NCc2c(Cl)ccc(Cl)c2Cl)cc1. The molecule has 0 saturated carbocycles. The Morgan fingerprint density at radius 2 is 1.52 bits per heavy atom. The summed E-state index contributed by atoms with van der Waals surface area (Å²) in [4.78, 5) is 10.7. The first-order chi connectivity index (χ1) is 9.97. The van der Waals surface area contributed by atoms with Crippen LogP contribution in [0.5, 0.6) is 0 Å². The summed E-state index contributed by atoms with van der Waals surface area (Å²) >= 11 is 18.2. The van der Waals surface area contributed by atoms with Gasteiger partial charge in [0.1, 0.15) is 0 Å². The maximum absolute atomic E-state index is 10.7. The van der Waals surface area contributed by atoms with Crippen molar-refractivity contribution in [2.24, 2.45) is 5.73 Å². The van der Waals surface area contributed by atoms with Gasteiger partial charge in [0.05, 0.1) is 10.0 Å². The van der Waals surface area contributed by atoms with Gasteiger partial charge in [-0.15, -0.1) is 0 Å². The summed E-state index contributed by atoms with van der Waals surface area (Å²) in [5.41, 5.74) is 7.23. The molecule has 0 bridgehead atoms. The third kappa shape index (κ3) is 4.17. The summed E-state index contributed by atoms with van der Waals surface area (Å²) in [6, 6.07) is 9.82. The van der Waals surface area contributed by atoms with Crippen molar-refractivity contribution >= 4 is 52.2 Å². The van der Waals surface area contributed by atoms with Crippen LogP contribution in [0.3, 0.4) is 0 Å². The van der Waals surface area contributed by atoms with Crippen LogP contribution in [0, 0.1) is 0 Å². The molecule has 0 heterocycles. The number of nitrogens with two attached hydrogens (primary N) is 1. The molecule has 2 amide bonds. The first-order valence-corrected chi connectivity index (χ1v) is 7.13. The molecule has 21 heavy (non-hydrogen) atoms. The molecule has 0 spiro atoms. The van der Waals surface area contributed by atoms with Gasteiger partial charge in [-0.05, 0) is 36.4 Å². The van der Waals surface area contributed by atoms with E-state index in [4.69, 9.17) is 40.5 Å². The van der Waals surface area contributed by atoms with Gasteiger partial charge in [0.25, 0.3) is 0 Å². The highest BCUT2D eigenvalue weighted by Gasteiger charge is 2.09. The van der Waals surface area contributed by atoms with Gasteiger partial charge in [-0.25, -0.2) is 4.79 Å². The molecular weight excluding hydrogens is 333 g/mol. The van der Waals surface area contributed by atoms with E-state index < -0.39 is 6.03 Å². The minimum atomic E-state index is -0.604. The third-order valence-corrected chi connectivity index (χ3v) is 3.96. The summed E-state index contributed by atoms with van der Waals surface area (Å²) < 4.78 is 0. The van der Waals surface area contributed by atoms with Crippen molar-refractivity contribution in [3.63, 3.8) is 0 Å². The minimum Gasteiger partial charge on any atom is -0.381 e. The van der Waals surface area contributed by atoms with Crippen LogP contribution in [0.25, 0.3) is 0 Å². The van der Waals surface area contributed by atoms with Crippen molar-refractivity contribution in [3.8, 4) is 0 Å². The normalized spacial score (nSPS) is 10.2. The molecule has 4 N–H and O–H groups in total. The number of nitrogens with one attached hydrogen (secondary N) is 2. The monoisotopic (exact) mass is 343 g/mol. The Balaban J connectivity index is 2.07. The average Bonchev–Trinajstić information content (AvgIpc) is 2.44. The quantitative estimate of drug-likeness (QED) is 0.701. The van der Waals surface area contributed by atoms with E-state index in [9.17, 15) is 4.79 Å². The van der Waals surface area contributed by atoms with Gasteiger partial charge in [0.15, 0.2) is 0 Å². The fraction of sp³-hybridized carbons (Fsp3) is 0.0714. The van der Waals surface area contributed by atoms with Gasteiger partial charge in [0, 0.05) is 28.5 Å². The Bertz CT molecular complexity index is 659. The topological polar surface area (TPSA) is 67.2 Å². The lowest BCUT2D eigenvalue weighted by molar-refractivity contribution is 0.259. The first kappa shape index (κ1) is 15.8. The fourth-order valence-corrected chi connectivity index (χ4v) is 2.42. The second-order valence-electron chi connectivity index (χ2n) is 4.24. The number of halogens is 3. The molecule has 2 aromatic carbocycles. The number of carbonyl (C=O) groups excluding carboxylic acids is 1. The summed E-state index contributed by atoms with van der Waals surface area (Å²) in [5.74, 6) is 0. The number of urea groups is 1. The molecule has 0 aliphatic heterocycles. The molecule has 0 radical (unpaired) electrons. The van der Waals surface area contributed by atoms with Gasteiger partial charge in [-0.2, -0.15) is 0 Å². The highest BCUT2D eigenvalue weighted by atomic mass is 35.5. The number of amides is 2. The van der Waals surface area contributed by atoms with Crippen molar-refractivity contribution in [1.29, 1.82) is 0 Å². The largest absolute Gasteiger partial charge is 0.381 e. The lowest BCUT2D eigenvalue weighted by Gasteiger charge is -2.11. The van der Waals surface area contributed by atoms with Crippen LogP contribution in [0.15, 0.2) is 36.4 Å². The van der Waals surface area contributed by atoms with Crippen LogP contribution in [-0.4, -0.2) is 6.03 Å².